The first-order valence-electron chi connectivity index (χ1n) is 6.30. The van der Waals surface area contributed by atoms with Crippen LogP contribution in [-0.4, -0.2) is 18.5 Å². The highest BCUT2D eigenvalue weighted by molar-refractivity contribution is 5.79. The van der Waals surface area contributed by atoms with Gasteiger partial charge in [-0.2, -0.15) is 0 Å². The molecule has 1 amide bonds. The third-order valence-corrected chi connectivity index (χ3v) is 3.69. The molecule has 2 unspecified atom stereocenters. The van der Waals surface area contributed by atoms with Gasteiger partial charge in [-0.05, 0) is 31.6 Å². The van der Waals surface area contributed by atoms with Gasteiger partial charge in [0, 0.05) is 12.6 Å². The van der Waals surface area contributed by atoms with Gasteiger partial charge in [0.05, 0.1) is 5.92 Å². The van der Waals surface area contributed by atoms with Crippen LogP contribution in [0.15, 0.2) is 0 Å². The Bertz CT molecular complexity index is 226. The Morgan fingerprint density at radius 3 is 2.67 bits per heavy atom. The molecule has 2 atom stereocenters. The van der Waals surface area contributed by atoms with Crippen molar-refractivity contribution in [3.63, 3.8) is 0 Å². The van der Waals surface area contributed by atoms with E-state index in [2.05, 4.69) is 5.32 Å². The molecule has 0 aromatic heterocycles. The summed E-state index contributed by atoms with van der Waals surface area (Å²) in [7, 11) is 0. The lowest BCUT2D eigenvalue weighted by atomic mass is 10.0. The summed E-state index contributed by atoms with van der Waals surface area (Å²) in [5, 5.41) is 3.02. The van der Waals surface area contributed by atoms with Crippen LogP contribution in [0.1, 0.15) is 44.9 Å². The smallest absolute Gasteiger partial charge is 0.224 e. The first-order chi connectivity index (χ1) is 7.27. The van der Waals surface area contributed by atoms with E-state index in [-0.39, 0.29) is 17.9 Å². The summed E-state index contributed by atoms with van der Waals surface area (Å²) in [6.07, 6.45) is 8.34. The quantitative estimate of drug-likeness (QED) is 0.674. The minimum atomic E-state index is 0.0888. The second-order valence-electron chi connectivity index (χ2n) is 5.08. The van der Waals surface area contributed by atoms with E-state index in [1.807, 2.05) is 0 Å². The van der Waals surface area contributed by atoms with Crippen molar-refractivity contribution in [2.45, 2.75) is 51.0 Å². The summed E-state index contributed by atoms with van der Waals surface area (Å²) in [4.78, 5) is 11.7. The van der Waals surface area contributed by atoms with Gasteiger partial charge in [-0.1, -0.05) is 19.3 Å². The largest absolute Gasteiger partial charge is 0.356 e. The highest BCUT2D eigenvalue weighted by Gasteiger charge is 2.29. The number of amides is 1. The number of hydrogen-bond acceptors (Lipinski definition) is 2. The van der Waals surface area contributed by atoms with E-state index in [1.54, 1.807) is 0 Å². The van der Waals surface area contributed by atoms with Gasteiger partial charge in [-0.25, -0.2) is 0 Å². The van der Waals surface area contributed by atoms with E-state index < -0.39 is 0 Å². The summed E-state index contributed by atoms with van der Waals surface area (Å²) < 4.78 is 0. The lowest BCUT2D eigenvalue weighted by Crippen LogP contribution is -2.38. The molecule has 0 bridgehead atoms. The first-order valence-corrected chi connectivity index (χ1v) is 6.30. The Morgan fingerprint density at radius 2 is 2.07 bits per heavy atom. The lowest BCUT2D eigenvalue weighted by Gasteiger charge is -2.14. The van der Waals surface area contributed by atoms with Crippen LogP contribution in [0.2, 0.25) is 0 Å². The van der Waals surface area contributed by atoms with Crippen LogP contribution in [0.5, 0.6) is 0 Å². The Balaban J connectivity index is 1.58. The summed E-state index contributed by atoms with van der Waals surface area (Å²) in [6.45, 7) is 0.846. The van der Waals surface area contributed by atoms with E-state index in [9.17, 15) is 4.79 Å². The summed E-state index contributed by atoms with van der Waals surface area (Å²) in [5.41, 5.74) is 5.88. The van der Waals surface area contributed by atoms with E-state index in [0.29, 0.717) is 0 Å². The van der Waals surface area contributed by atoms with Crippen molar-refractivity contribution >= 4 is 5.91 Å². The molecule has 0 aromatic rings. The molecule has 3 N–H and O–H groups in total. The molecule has 0 aliphatic heterocycles. The first kappa shape index (κ1) is 10.9. The number of nitrogens with two attached hydrogens (primary N) is 1. The standard InChI is InChI=1S/C12H22N2O/c13-11-5-1-4-10(11)12(15)14-8-2-3-9-6-7-9/h9-11H,1-8,13H2,(H,14,15). The van der Waals surface area contributed by atoms with Crippen molar-refractivity contribution in [2.24, 2.45) is 17.6 Å². The zero-order valence-electron chi connectivity index (χ0n) is 9.37. The zero-order chi connectivity index (χ0) is 10.7. The van der Waals surface area contributed by atoms with Gasteiger partial charge >= 0.3 is 0 Å². The Hall–Kier alpha value is -0.570. The molecule has 2 fully saturated rings. The maximum atomic E-state index is 11.7. The molecule has 2 aliphatic carbocycles. The minimum Gasteiger partial charge on any atom is -0.356 e. The Labute approximate surface area is 91.8 Å². The predicted molar refractivity (Wildman–Crippen MR) is 60.3 cm³/mol. The molecular formula is C12H22N2O. The van der Waals surface area contributed by atoms with E-state index in [0.717, 1.165) is 38.1 Å². The Kier molecular flexibility index (Phi) is 3.62. The SMILES string of the molecule is NC1CCCC1C(=O)NCCCC1CC1. The lowest BCUT2D eigenvalue weighted by molar-refractivity contribution is -0.125. The monoisotopic (exact) mass is 210 g/mol. The van der Waals surface area contributed by atoms with Gasteiger partial charge in [-0.3, -0.25) is 4.79 Å². The number of nitrogens with one attached hydrogen (secondary N) is 1. The topological polar surface area (TPSA) is 55.1 Å². The van der Waals surface area contributed by atoms with Crippen LogP contribution in [0, 0.1) is 11.8 Å². The number of rotatable bonds is 5. The molecular weight excluding hydrogens is 188 g/mol. The van der Waals surface area contributed by atoms with Gasteiger partial charge in [-0.15, -0.1) is 0 Å². The van der Waals surface area contributed by atoms with Gasteiger partial charge in [0.25, 0.3) is 0 Å². The maximum Gasteiger partial charge on any atom is 0.224 e. The molecule has 2 saturated carbocycles. The molecule has 0 aromatic carbocycles. The molecule has 86 valence electrons. The minimum absolute atomic E-state index is 0.0888. The highest BCUT2D eigenvalue weighted by atomic mass is 16.1. The van der Waals surface area contributed by atoms with E-state index in [1.165, 1.54) is 19.3 Å². The highest BCUT2D eigenvalue weighted by Crippen LogP contribution is 2.33. The van der Waals surface area contributed by atoms with E-state index >= 15 is 0 Å². The fourth-order valence-corrected chi connectivity index (χ4v) is 2.45. The summed E-state index contributed by atoms with van der Waals surface area (Å²) in [5.74, 6) is 1.25. The second-order valence-corrected chi connectivity index (χ2v) is 5.08. The normalized spacial score (nSPS) is 30.5. The fraction of sp³-hybridized carbons (Fsp3) is 0.917. The van der Waals surface area contributed by atoms with Gasteiger partial charge in [0.1, 0.15) is 0 Å². The van der Waals surface area contributed by atoms with Crippen molar-refractivity contribution in [3.05, 3.63) is 0 Å². The number of carbonyl (C=O) groups is 1. The van der Waals surface area contributed by atoms with Crippen molar-refractivity contribution in [1.29, 1.82) is 0 Å². The van der Waals surface area contributed by atoms with Crippen LogP contribution < -0.4 is 11.1 Å². The average Bonchev–Trinajstić information content (AvgIpc) is 2.94. The molecule has 2 aliphatic rings. The molecule has 3 heteroatoms. The maximum absolute atomic E-state index is 11.7. The summed E-state index contributed by atoms with van der Waals surface area (Å²) in [6, 6.07) is 0.105. The third-order valence-electron chi connectivity index (χ3n) is 3.69. The Morgan fingerprint density at radius 1 is 1.27 bits per heavy atom. The van der Waals surface area contributed by atoms with Gasteiger partial charge in [0.2, 0.25) is 5.91 Å². The van der Waals surface area contributed by atoms with Crippen LogP contribution in [-0.2, 0) is 4.79 Å². The zero-order valence-corrected chi connectivity index (χ0v) is 9.37. The van der Waals surface area contributed by atoms with Crippen molar-refractivity contribution in [3.8, 4) is 0 Å². The average molecular weight is 210 g/mol. The third kappa shape index (κ3) is 3.20. The second kappa shape index (κ2) is 4.97. The fourth-order valence-electron chi connectivity index (χ4n) is 2.45. The van der Waals surface area contributed by atoms with Gasteiger partial charge < -0.3 is 11.1 Å². The van der Waals surface area contributed by atoms with Crippen LogP contribution in [0.25, 0.3) is 0 Å². The van der Waals surface area contributed by atoms with Crippen molar-refractivity contribution in [1.82, 2.24) is 5.32 Å². The van der Waals surface area contributed by atoms with Crippen molar-refractivity contribution < 1.29 is 4.79 Å². The van der Waals surface area contributed by atoms with Crippen LogP contribution in [0.4, 0.5) is 0 Å². The molecule has 3 nitrogen and oxygen atoms in total. The predicted octanol–water partition coefficient (Wildman–Crippen LogP) is 1.42. The number of carbonyl (C=O) groups excluding carboxylic acids is 1. The van der Waals surface area contributed by atoms with Crippen molar-refractivity contribution in [2.75, 3.05) is 6.54 Å². The molecule has 2 rings (SSSR count). The molecule has 0 radical (unpaired) electrons. The summed E-state index contributed by atoms with van der Waals surface area (Å²) >= 11 is 0. The van der Waals surface area contributed by atoms with E-state index in [4.69, 9.17) is 5.73 Å². The van der Waals surface area contributed by atoms with Crippen LogP contribution >= 0.6 is 0 Å². The van der Waals surface area contributed by atoms with Gasteiger partial charge in [0.15, 0.2) is 0 Å². The molecule has 15 heavy (non-hydrogen) atoms. The molecule has 0 spiro atoms. The van der Waals surface area contributed by atoms with Crippen LogP contribution in [0.3, 0.4) is 0 Å². The number of hydrogen-bond donors (Lipinski definition) is 2. The molecule has 0 heterocycles. The molecule has 0 saturated heterocycles.